The van der Waals surface area contributed by atoms with Gasteiger partial charge in [-0.15, -0.1) is 0 Å². The summed E-state index contributed by atoms with van der Waals surface area (Å²) < 4.78 is 12.6. The third-order valence-electron chi connectivity index (χ3n) is 5.50. The highest BCUT2D eigenvalue weighted by molar-refractivity contribution is 7.09. The number of hydrogen-bond acceptors (Lipinski definition) is 7. The molecule has 1 fully saturated rings. The summed E-state index contributed by atoms with van der Waals surface area (Å²) in [6.45, 7) is 4.62. The molecule has 4 unspecified atom stereocenters. The number of aliphatic hydroxyl groups excluding tert-OH is 2. The van der Waals surface area contributed by atoms with E-state index < -0.39 is 6.10 Å². The maximum Gasteiger partial charge on any atom is 0.147 e. The normalized spacial score (nSPS) is 21.4. The van der Waals surface area contributed by atoms with Gasteiger partial charge < -0.3 is 29.8 Å². The molecule has 0 bridgehead atoms. The number of fused-ring (bicyclic) bond motifs is 1. The number of aliphatic hydroxyl groups is 2. The lowest BCUT2D eigenvalue weighted by atomic mass is 10.1. The van der Waals surface area contributed by atoms with Crippen LogP contribution in [-0.4, -0.2) is 44.1 Å². The van der Waals surface area contributed by atoms with E-state index in [9.17, 15) is 10.2 Å². The van der Waals surface area contributed by atoms with Crippen molar-refractivity contribution >= 4 is 37.9 Å². The minimum Gasteiger partial charge on any atom is -0.394 e. The summed E-state index contributed by atoms with van der Waals surface area (Å²) in [7, 11) is 2.16. The van der Waals surface area contributed by atoms with E-state index in [0.717, 1.165) is 28.6 Å². The zero-order chi connectivity index (χ0) is 23.3. The van der Waals surface area contributed by atoms with Gasteiger partial charge in [-0.05, 0) is 36.6 Å². The highest BCUT2D eigenvalue weighted by Crippen LogP contribution is 2.36. The molecule has 0 radical (unpaired) electrons. The van der Waals surface area contributed by atoms with E-state index in [0.29, 0.717) is 29.8 Å². The third-order valence-corrected chi connectivity index (χ3v) is 6.06. The first-order valence-corrected chi connectivity index (χ1v) is 11.3. The molecule has 8 nitrogen and oxygen atoms in total. The van der Waals surface area contributed by atoms with Crippen LogP contribution >= 0.6 is 21.1 Å². The second kappa shape index (κ2) is 11.4. The monoisotopic (exact) mass is 480 g/mol. The maximum atomic E-state index is 9.75. The fourth-order valence-electron chi connectivity index (χ4n) is 3.81. The van der Waals surface area contributed by atoms with Crippen LogP contribution in [0.3, 0.4) is 0 Å². The van der Waals surface area contributed by atoms with Gasteiger partial charge in [0.05, 0.1) is 30.8 Å². The van der Waals surface area contributed by atoms with Crippen LogP contribution in [0.1, 0.15) is 43.2 Å². The van der Waals surface area contributed by atoms with E-state index >= 15 is 0 Å². The Hall–Kier alpha value is -1.80. The van der Waals surface area contributed by atoms with Gasteiger partial charge >= 0.3 is 0 Å². The van der Waals surface area contributed by atoms with Crippen LogP contribution in [0.15, 0.2) is 36.8 Å². The van der Waals surface area contributed by atoms with Gasteiger partial charge in [0.15, 0.2) is 0 Å². The minimum atomic E-state index is -0.552. The van der Waals surface area contributed by atoms with Crippen molar-refractivity contribution in [1.82, 2.24) is 14.5 Å². The van der Waals surface area contributed by atoms with Crippen LogP contribution in [0.4, 0.5) is 5.82 Å². The van der Waals surface area contributed by atoms with E-state index in [1.165, 1.54) is 6.33 Å². The van der Waals surface area contributed by atoms with Gasteiger partial charge in [-0.25, -0.2) is 9.97 Å². The average molecular weight is 481 g/mol. The number of ether oxygens (including phenoxy) is 1. The van der Waals surface area contributed by atoms with Crippen molar-refractivity contribution in [3.8, 4) is 0 Å². The summed E-state index contributed by atoms with van der Waals surface area (Å²) >= 11 is 6.00. The molecule has 4 rings (SSSR count). The van der Waals surface area contributed by atoms with Crippen LogP contribution in [-0.2, 0) is 9.26 Å². The molecule has 1 aliphatic heterocycles. The first kappa shape index (κ1) is 24.8. The Balaban J connectivity index is 0.000000188. The number of aryl methyl sites for hydroxylation is 1. The maximum absolute atomic E-state index is 9.75. The molecular formula is C22H30ClN4O4P. The zero-order valence-electron chi connectivity index (χ0n) is 18.2. The summed E-state index contributed by atoms with van der Waals surface area (Å²) in [4.78, 5) is 8.23. The van der Waals surface area contributed by atoms with E-state index in [1.807, 2.05) is 42.0 Å². The van der Waals surface area contributed by atoms with Gasteiger partial charge in [-0.3, -0.25) is 0 Å². The summed E-state index contributed by atoms with van der Waals surface area (Å²) in [6.07, 6.45) is 4.01. The van der Waals surface area contributed by atoms with Crippen LogP contribution in [0.5, 0.6) is 0 Å². The number of nitrogens with two attached hydrogens (primary N) is 1. The summed E-state index contributed by atoms with van der Waals surface area (Å²) in [5, 5.41) is 20.4. The highest BCUT2D eigenvalue weighted by atomic mass is 35.5. The van der Waals surface area contributed by atoms with Gasteiger partial charge in [-0.1, -0.05) is 30.7 Å². The number of aromatic nitrogens is 3. The lowest BCUT2D eigenvalue weighted by Gasteiger charge is -2.18. The number of anilines is 1. The van der Waals surface area contributed by atoms with Crippen LogP contribution in [0, 0.1) is 12.8 Å². The van der Waals surface area contributed by atoms with Crippen LogP contribution in [0.2, 0.25) is 5.02 Å². The summed E-state index contributed by atoms with van der Waals surface area (Å²) in [5.41, 5.74) is 8.44. The van der Waals surface area contributed by atoms with Crippen molar-refractivity contribution in [3.63, 3.8) is 0 Å². The van der Waals surface area contributed by atoms with Gasteiger partial charge in [-0.2, -0.15) is 0 Å². The Kier molecular flexibility index (Phi) is 8.82. The summed E-state index contributed by atoms with van der Waals surface area (Å²) in [5.74, 6) is 0.803. The zero-order valence-corrected chi connectivity index (χ0v) is 20.1. The van der Waals surface area contributed by atoms with Crippen molar-refractivity contribution < 1.29 is 19.5 Å². The molecule has 3 aromatic rings. The first-order chi connectivity index (χ1) is 15.3. The first-order valence-electron chi connectivity index (χ1n) is 10.4. The Morgan fingerprint density at radius 1 is 1.38 bits per heavy atom. The second-order valence-electron chi connectivity index (χ2n) is 7.96. The predicted molar refractivity (Wildman–Crippen MR) is 128 cm³/mol. The minimum absolute atomic E-state index is 0.0527. The molecule has 0 amide bonds. The van der Waals surface area contributed by atoms with Crippen molar-refractivity contribution in [2.45, 2.75) is 45.1 Å². The van der Waals surface area contributed by atoms with E-state index in [4.69, 9.17) is 26.6 Å². The Labute approximate surface area is 195 Å². The standard InChI is InChI=1S/C12H16N4O2.C10H14ClO2P/c1-7-4-8(5-17)18-12(7)16-3-2-9-10(13)14-6-15-11(9)16;1-7-2-3-8(9(11)6-7)10(12)4-5-13-14/h2-3,6-8,12,17H,4-5H2,1H3,(H2,13,14,15);2-3,6,10,12H,4-5,14H2,1H3/t;10-/m.0/s1. The number of benzene rings is 1. The number of rotatable bonds is 6. The number of halogens is 1. The number of nitrogen functional groups attached to an aromatic ring is 1. The van der Waals surface area contributed by atoms with Crippen molar-refractivity contribution in [3.05, 3.63) is 52.9 Å². The fourth-order valence-corrected chi connectivity index (χ4v) is 4.31. The molecule has 5 atom stereocenters. The Bertz CT molecular complexity index is 1030. The van der Waals surface area contributed by atoms with E-state index in [-0.39, 0.29) is 18.9 Å². The lowest BCUT2D eigenvalue weighted by molar-refractivity contribution is -0.0291. The largest absolute Gasteiger partial charge is 0.394 e. The second-order valence-corrected chi connectivity index (χ2v) is 8.70. The molecule has 0 aliphatic carbocycles. The topological polar surface area (TPSA) is 116 Å². The quantitative estimate of drug-likeness (QED) is 0.459. The predicted octanol–water partition coefficient (Wildman–Crippen LogP) is 3.81. The van der Waals surface area contributed by atoms with Gasteiger partial charge in [0.25, 0.3) is 0 Å². The van der Waals surface area contributed by atoms with Crippen LogP contribution in [0.25, 0.3) is 11.0 Å². The van der Waals surface area contributed by atoms with Gasteiger partial charge in [0.1, 0.15) is 24.0 Å². The van der Waals surface area contributed by atoms with Gasteiger partial charge in [0.2, 0.25) is 0 Å². The Morgan fingerprint density at radius 3 is 2.81 bits per heavy atom. The number of hydrogen-bond donors (Lipinski definition) is 3. The summed E-state index contributed by atoms with van der Waals surface area (Å²) in [6, 6.07) is 7.53. The molecule has 3 heterocycles. The highest BCUT2D eigenvalue weighted by Gasteiger charge is 2.33. The molecule has 32 heavy (non-hydrogen) atoms. The molecule has 174 valence electrons. The molecule has 10 heteroatoms. The molecule has 4 N–H and O–H groups in total. The molecule has 0 saturated carbocycles. The smallest absolute Gasteiger partial charge is 0.147 e. The van der Waals surface area contributed by atoms with Gasteiger partial charge in [0, 0.05) is 33.0 Å². The fraction of sp³-hybridized carbons (Fsp3) is 0.455. The molecule has 1 saturated heterocycles. The Morgan fingerprint density at radius 2 is 2.16 bits per heavy atom. The molecular weight excluding hydrogens is 451 g/mol. The van der Waals surface area contributed by atoms with Crippen molar-refractivity contribution in [2.24, 2.45) is 5.92 Å². The number of nitrogens with zero attached hydrogens (tertiary/aromatic N) is 3. The molecule has 0 spiro atoms. The lowest BCUT2D eigenvalue weighted by Crippen LogP contribution is -2.15. The van der Waals surface area contributed by atoms with Crippen molar-refractivity contribution in [1.29, 1.82) is 0 Å². The molecule has 2 aromatic heterocycles. The third kappa shape index (κ3) is 5.76. The van der Waals surface area contributed by atoms with E-state index in [2.05, 4.69) is 26.4 Å². The molecule has 1 aromatic carbocycles. The SMILES string of the molecule is CC1CC(CO)OC1n1ccc2c(N)ncnc21.Cc1ccc([C@@H](O)CCOP)c(Cl)c1. The molecule has 1 aliphatic rings. The average Bonchev–Trinajstić information content (AvgIpc) is 3.36. The van der Waals surface area contributed by atoms with Crippen molar-refractivity contribution in [2.75, 3.05) is 18.9 Å². The van der Waals surface area contributed by atoms with E-state index in [1.54, 1.807) is 0 Å². The van der Waals surface area contributed by atoms with Crippen LogP contribution < -0.4 is 5.73 Å².